The Kier molecular flexibility index (Phi) is 5.11. The van der Waals surface area contributed by atoms with Gasteiger partial charge in [0.1, 0.15) is 0 Å². The van der Waals surface area contributed by atoms with Crippen molar-refractivity contribution in [3.63, 3.8) is 0 Å². The average molecular weight is 329 g/mol. The normalized spacial score (nSPS) is 12.5. The molecule has 0 saturated heterocycles. The number of benzene rings is 2. The van der Waals surface area contributed by atoms with Gasteiger partial charge in [-0.2, -0.15) is 0 Å². The molecule has 1 aliphatic rings. The van der Waals surface area contributed by atoms with Crippen molar-refractivity contribution in [1.82, 2.24) is 5.32 Å². The molecule has 1 heterocycles. The maximum Gasteiger partial charge on any atom is 0.231 e. The summed E-state index contributed by atoms with van der Waals surface area (Å²) in [4.78, 5) is 0. The SMILES string of the molecule is COc1cc(CNCc2ccc3c(c2)OCO3)ccc1OC(C)C. The Morgan fingerprint density at radius 3 is 2.42 bits per heavy atom. The summed E-state index contributed by atoms with van der Waals surface area (Å²) in [6, 6.07) is 12.0. The molecule has 24 heavy (non-hydrogen) atoms. The van der Waals surface area contributed by atoms with Crippen molar-refractivity contribution in [3.05, 3.63) is 47.5 Å². The molecule has 3 rings (SSSR count). The van der Waals surface area contributed by atoms with Crippen LogP contribution in [-0.4, -0.2) is 20.0 Å². The van der Waals surface area contributed by atoms with Crippen LogP contribution in [0.4, 0.5) is 0 Å². The number of hydrogen-bond donors (Lipinski definition) is 1. The summed E-state index contributed by atoms with van der Waals surface area (Å²) in [5, 5.41) is 3.43. The van der Waals surface area contributed by atoms with Gasteiger partial charge in [0.2, 0.25) is 6.79 Å². The third-order valence-corrected chi connectivity index (χ3v) is 3.69. The van der Waals surface area contributed by atoms with Gasteiger partial charge in [-0.05, 0) is 49.2 Å². The van der Waals surface area contributed by atoms with Gasteiger partial charge >= 0.3 is 0 Å². The molecule has 0 fully saturated rings. The van der Waals surface area contributed by atoms with Crippen LogP contribution in [0.25, 0.3) is 0 Å². The molecule has 2 aromatic carbocycles. The zero-order valence-corrected chi connectivity index (χ0v) is 14.3. The van der Waals surface area contributed by atoms with Crippen molar-refractivity contribution in [2.24, 2.45) is 0 Å². The van der Waals surface area contributed by atoms with Crippen molar-refractivity contribution in [2.75, 3.05) is 13.9 Å². The highest BCUT2D eigenvalue weighted by molar-refractivity contribution is 5.45. The molecule has 0 amide bonds. The molecule has 0 saturated carbocycles. The molecule has 1 N–H and O–H groups in total. The van der Waals surface area contributed by atoms with Gasteiger partial charge in [0.15, 0.2) is 23.0 Å². The lowest BCUT2D eigenvalue weighted by atomic mass is 10.1. The Balaban J connectivity index is 1.58. The molecule has 1 aliphatic heterocycles. The summed E-state index contributed by atoms with van der Waals surface area (Å²) in [5.41, 5.74) is 2.30. The number of ether oxygens (including phenoxy) is 4. The van der Waals surface area contributed by atoms with Crippen LogP contribution in [-0.2, 0) is 13.1 Å². The van der Waals surface area contributed by atoms with Gasteiger partial charge < -0.3 is 24.3 Å². The van der Waals surface area contributed by atoms with E-state index in [2.05, 4.69) is 5.32 Å². The van der Waals surface area contributed by atoms with E-state index in [1.807, 2.05) is 50.2 Å². The predicted octanol–water partition coefficient (Wildman–Crippen LogP) is 3.50. The fourth-order valence-electron chi connectivity index (χ4n) is 2.58. The highest BCUT2D eigenvalue weighted by Gasteiger charge is 2.13. The molecule has 0 aromatic heterocycles. The highest BCUT2D eigenvalue weighted by atomic mass is 16.7. The first kappa shape index (κ1) is 16.5. The minimum Gasteiger partial charge on any atom is -0.493 e. The van der Waals surface area contributed by atoms with Crippen LogP contribution >= 0.6 is 0 Å². The van der Waals surface area contributed by atoms with Gasteiger partial charge in [-0.3, -0.25) is 0 Å². The lowest BCUT2D eigenvalue weighted by Gasteiger charge is -2.14. The fourth-order valence-corrected chi connectivity index (χ4v) is 2.58. The number of hydrogen-bond acceptors (Lipinski definition) is 5. The molecule has 2 aromatic rings. The lowest BCUT2D eigenvalue weighted by Crippen LogP contribution is -2.13. The van der Waals surface area contributed by atoms with Gasteiger partial charge in [0.25, 0.3) is 0 Å². The van der Waals surface area contributed by atoms with E-state index in [9.17, 15) is 0 Å². The fraction of sp³-hybridized carbons (Fsp3) is 0.368. The number of methoxy groups -OCH3 is 1. The van der Waals surface area contributed by atoms with E-state index in [-0.39, 0.29) is 6.10 Å². The van der Waals surface area contributed by atoms with E-state index >= 15 is 0 Å². The molecule has 0 unspecified atom stereocenters. The number of rotatable bonds is 7. The van der Waals surface area contributed by atoms with Crippen molar-refractivity contribution in [2.45, 2.75) is 33.0 Å². The monoisotopic (exact) mass is 329 g/mol. The van der Waals surface area contributed by atoms with Gasteiger partial charge in [-0.15, -0.1) is 0 Å². The van der Waals surface area contributed by atoms with Crippen LogP contribution in [0, 0.1) is 0 Å². The average Bonchev–Trinajstić information content (AvgIpc) is 3.03. The van der Waals surface area contributed by atoms with E-state index in [1.54, 1.807) is 7.11 Å². The van der Waals surface area contributed by atoms with E-state index in [0.717, 1.165) is 47.2 Å². The van der Waals surface area contributed by atoms with Crippen LogP contribution in [0.15, 0.2) is 36.4 Å². The summed E-state index contributed by atoms with van der Waals surface area (Å²) in [5.74, 6) is 3.15. The molecule has 0 bridgehead atoms. The Morgan fingerprint density at radius 1 is 0.958 bits per heavy atom. The van der Waals surface area contributed by atoms with E-state index in [1.165, 1.54) is 0 Å². The predicted molar refractivity (Wildman–Crippen MR) is 91.9 cm³/mol. The summed E-state index contributed by atoms with van der Waals surface area (Å²) in [7, 11) is 1.66. The van der Waals surface area contributed by atoms with Crippen molar-refractivity contribution >= 4 is 0 Å². The van der Waals surface area contributed by atoms with Crippen LogP contribution in [0.3, 0.4) is 0 Å². The van der Waals surface area contributed by atoms with E-state index in [4.69, 9.17) is 18.9 Å². The third-order valence-electron chi connectivity index (χ3n) is 3.69. The third kappa shape index (κ3) is 3.92. The maximum atomic E-state index is 5.74. The minimum atomic E-state index is 0.119. The minimum absolute atomic E-state index is 0.119. The molecule has 5 nitrogen and oxygen atoms in total. The Morgan fingerprint density at radius 2 is 1.67 bits per heavy atom. The van der Waals surface area contributed by atoms with Gasteiger partial charge in [-0.1, -0.05) is 12.1 Å². The molecule has 0 radical (unpaired) electrons. The summed E-state index contributed by atoms with van der Waals surface area (Å²) >= 11 is 0. The van der Waals surface area contributed by atoms with E-state index < -0.39 is 0 Å². The Labute approximate surface area is 142 Å². The molecule has 0 spiro atoms. The standard InChI is InChI=1S/C19H23NO4/c1-13(2)24-17-7-5-14(8-18(17)21-3)10-20-11-15-4-6-16-19(9-15)23-12-22-16/h4-9,13,20H,10-12H2,1-3H3. The van der Waals surface area contributed by atoms with Gasteiger partial charge in [0, 0.05) is 13.1 Å². The maximum absolute atomic E-state index is 5.74. The molecule has 5 heteroatoms. The largest absolute Gasteiger partial charge is 0.493 e. The Bertz CT molecular complexity index is 700. The molecule has 0 atom stereocenters. The van der Waals surface area contributed by atoms with Gasteiger partial charge in [-0.25, -0.2) is 0 Å². The molecule has 0 aliphatic carbocycles. The first-order valence-electron chi connectivity index (χ1n) is 8.08. The number of fused-ring (bicyclic) bond motifs is 1. The molecular formula is C19H23NO4. The Hall–Kier alpha value is -2.40. The smallest absolute Gasteiger partial charge is 0.231 e. The molecular weight excluding hydrogens is 306 g/mol. The zero-order chi connectivity index (χ0) is 16.9. The lowest BCUT2D eigenvalue weighted by molar-refractivity contribution is 0.174. The van der Waals surface area contributed by atoms with Crippen LogP contribution in [0.1, 0.15) is 25.0 Å². The summed E-state index contributed by atoms with van der Waals surface area (Å²) < 4.78 is 21.9. The summed E-state index contributed by atoms with van der Waals surface area (Å²) in [6.07, 6.45) is 0.119. The van der Waals surface area contributed by atoms with Crippen molar-refractivity contribution in [3.8, 4) is 23.0 Å². The first-order chi connectivity index (χ1) is 11.7. The van der Waals surface area contributed by atoms with E-state index in [0.29, 0.717) is 6.79 Å². The topological polar surface area (TPSA) is 49.0 Å². The van der Waals surface area contributed by atoms with Crippen LogP contribution < -0.4 is 24.3 Å². The van der Waals surface area contributed by atoms with Gasteiger partial charge in [0.05, 0.1) is 13.2 Å². The quantitative estimate of drug-likeness (QED) is 0.842. The first-order valence-corrected chi connectivity index (χ1v) is 8.08. The van der Waals surface area contributed by atoms with Crippen LogP contribution in [0.2, 0.25) is 0 Å². The second-order valence-electron chi connectivity index (χ2n) is 5.94. The van der Waals surface area contributed by atoms with Crippen molar-refractivity contribution in [1.29, 1.82) is 0 Å². The molecule has 128 valence electrons. The zero-order valence-electron chi connectivity index (χ0n) is 14.3. The van der Waals surface area contributed by atoms with Crippen LogP contribution in [0.5, 0.6) is 23.0 Å². The second kappa shape index (κ2) is 7.45. The highest BCUT2D eigenvalue weighted by Crippen LogP contribution is 2.32. The van der Waals surface area contributed by atoms with Crippen molar-refractivity contribution < 1.29 is 18.9 Å². The second-order valence-corrected chi connectivity index (χ2v) is 5.94. The summed E-state index contributed by atoms with van der Waals surface area (Å²) in [6.45, 7) is 5.80. The number of nitrogens with one attached hydrogen (secondary N) is 1.